The molecule has 4 rings (SSSR count). The fraction of sp³-hybridized carbons (Fsp3) is 0.565. The zero-order valence-corrected chi connectivity index (χ0v) is 17.7. The van der Waals surface area contributed by atoms with Crippen molar-refractivity contribution in [2.45, 2.75) is 52.0 Å². The molecule has 2 heterocycles. The normalized spacial score (nSPS) is 18.3. The highest BCUT2D eigenvalue weighted by molar-refractivity contribution is 5.90. The Morgan fingerprint density at radius 1 is 1.14 bits per heavy atom. The quantitative estimate of drug-likeness (QED) is 0.809. The molecule has 6 heteroatoms. The first-order valence-electron chi connectivity index (χ1n) is 11.0. The Morgan fingerprint density at radius 3 is 2.62 bits per heavy atom. The number of hydrogen-bond acceptors (Lipinski definition) is 4. The zero-order chi connectivity index (χ0) is 20.2. The van der Waals surface area contributed by atoms with Crippen LogP contribution in [0.1, 0.15) is 49.3 Å². The van der Waals surface area contributed by atoms with Gasteiger partial charge in [0.05, 0.1) is 12.2 Å². The standard InChI is InChI=1S/C23H33N5O/c1-18-6-5-9-21(16-18)27-14-12-26(13-15-27)11-10-22(29)25-23-19(2)17-24-28(23)20-7-3-4-8-20/h5-6,9,16-17,20H,3-4,7-8,10-15H2,1-2H3,(H,25,29). The van der Waals surface area contributed by atoms with Crippen molar-refractivity contribution in [2.24, 2.45) is 0 Å². The monoisotopic (exact) mass is 395 g/mol. The van der Waals surface area contributed by atoms with Crippen LogP contribution in [0.2, 0.25) is 0 Å². The Bertz CT molecular complexity index is 832. The summed E-state index contributed by atoms with van der Waals surface area (Å²) >= 11 is 0. The third-order valence-electron chi connectivity index (χ3n) is 6.30. The molecule has 1 aromatic heterocycles. The first kappa shape index (κ1) is 20.0. The van der Waals surface area contributed by atoms with Gasteiger partial charge in [-0.15, -0.1) is 0 Å². The Morgan fingerprint density at radius 2 is 1.90 bits per heavy atom. The van der Waals surface area contributed by atoms with Crippen LogP contribution in [0.3, 0.4) is 0 Å². The summed E-state index contributed by atoms with van der Waals surface area (Å²) < 4.78 is 2.04. The summed E-state index contributed by atoms with van der Waals surface area (Å²) in [6.45, 7) is 9.00. The topological polar surface area (TPSA) is 53.4 Å². The van der Waals surface area contributed by atoms with E-state index in [1.807, 2.05) is 17.8 Å². The Hall–Kier alpha value is -2.34. The molecule has 2 aromatic rings. The van der Waals surface area contributed by atoms with Crippen molar-refractivity contribution < 1.29 is 4.79 Å². The number of benzene rings is 1. The van der Waals surface area contributed by atoms with Gasteiger partial charge < -0.3 is 10.2 Å². The molecule has 29 heavy (non-hydrogen) atoms. The van der Waals surface area contributed by atoms with Crippen molar-refractivity contribution in [3.05, 3.63) is 41.6 Å². The van der Waals surface area contributed by atoms with E-state index in [-0.39, 0.29) is 5.91 Å². The van der Waals surface area contributed by atoms with E-state index in [4.69, 9.17) is 0 Å². The zero-order valence-electron chi connectivity index (χ0n) is 17.7. The number of carbonyl (C=O) groups excluding carboxylic acids is 1. The summed E-state index contributed by atoms with van der Waals surface area (Å²) in [5, 5.41) is 7.67. The molecule has 1 amide bonds. The largest absolute Gasteiger partial charge is 0.369 e. The number of aryl methyl sites for hydroxylation is 2. The number of nitrogens with zero attached hydrogens (tertiary/aromatic N) is 4. The number of hydrogen-bond donors (Lipinski definition) is 1. The highest BCUT2D eigenvalue weighted by atomic mass is 16.1. The van der Waals surface area contributed by atoms with Gasteiger partial charge in [0.2, 0.25) is 5.91 Å². The van der Waals surface area contributed by atoms with Crippen LogP contribution in [0, 0.1) is 13.8 Å². The molecule has 1 aliphatic heterocycles. The average molecular weight is 396 g/mol. The summed E-state index contributed by atoms with van der Waals surface area (Å²) in [5.74, 6) is 0.986. The molecule has 0 atom stereocenters. The summed E-state index contributed by atoms with van der Waals surface area (Å²) in [7, 11) is 0. The minimum Gasteiger partial charge on any atom is -0.369 e. The molecule has 2 fully saturated rings. The molecule has 2 aliphatic rings. The van der Waals surface area contributed by atoms with Crippen LogP contribution in [-0.2, 0) is 4.79 Å². The van der Waals surface area contributed by atoms with Crippen LogP contribution in [0.5, 0.6) is 0 Å². The summed E-state index contributed by atoms with van der Waals surface area (Å²) in [4.78, 5) is 17.4. The lowest BCUT2D eigenvalue weighted by Crippen LogP contribution is -2.47. The number of anilines is 2. The molecule has 0 bridgehead atoms. The van der Waals surface area contributed by atoms with Gasteiger partial charge in [0, 0.05) is 50.4 Å². The van der Waals surface area contributed by atoms with Gasteiger partial charge in [0.1, 0.15) is 5.82 Å². The first-order chi connectivity index (χ1) is 14.1. The van der Waals surface area contributed by atoms with Crippen molar-refractivity contribution in [3.8, 4) is 0 Å². The predicted molar refractivity (Wildman–Crippen MR) is 118 cm³/mol. The molecule has 6 nitrogen and oxygen atoms in total. The van der Waals surface area contributed by atoms with E-state index in [0.29, 0.717) is 12.5 Å². The molecule has 0 radical (unpaired) electrons. The van der Waals surface area contributed by atoms with Crippen LogP contribution >= 0.6 is 0 Å². The third kappa shape index (κ3) is 4.81. The second kappa shape index (κ2) is 8.99. The van der Waals surface area contributed by atoms with Crippen LogP contribution in [0.15, 0.2) is 30.5 Å². The van der Waals surface area contributed by atoms with Gasteiger partial charge in [-0.3, -0.25) is 9.69 Å². The van der Waals surface area contributed by atoms with Crippen molar-refractivity contribution in [1.29, 1.82) is 0 Å². The molecule has 156 valence electrons. The minimum absolute atomic E-state index is 0.0916. The Kier molecular flexibility index (Phi) is 6.19. The third-order valence-corrected chi connectivity index (χ3v) is 6.30. The highest BCUT2D eigenvalue weighted by Gasteiger charge is 2.23. The SMILES string of the molecule is Cc1cccc(N2CCN(CCC(=O)Nc3c(C)cnn3C3CCCC3)CC2)c1. The molecule has 1 saturated carbocycles. The van der Waals surface area contributed by atoms with Crippen molar-refractivity contribution in [2.75, 3.05) is 42.9 Å². The molecule has 1 N–H and O–H groups in total. The van der Waals surface area contributed by atoms with Crippen molar-refractivity contribution >= 4 is 17.4 Å². The van der Waals surface area contributed by atoms with E-state index in [2.05, 4.69) is 51.4 Å². The Balaban J connectivity index is 1.25. The fourth-order valence-corrected chi connectivity index (χ4v) is 4.54. The fourth-order valence-electron chi connectivity index (χ4n) is 4.54. The van der Waals surface area contributed by atoms with E-state index in [0.717, 1.165) is 56.9 Å². The lowest BCUT2D eigenvalue weighted by Gasteiger charge is -2.36. The molecule has 1 saturated heterocycles. The number of carbonyl (C=O) groups is 1. The number of rotatable bonds is 6. The maximum Gasteiger partial charge on any atom is 0.226 e. The van der Waals surface area contributed by atoms with Crippen LogP contribution in [-0.4, -0.2) is 53.3 Å². The molecule has 0 unspecified atom stereocenters. The Labute approximate surface area is 173 Å². The smallest absolute Gasteiger partial charge is 0.226 e. The lowest BCUT2D eigenvalue weighted by atomic mass is 10.2. The molecule has 1 aliphatic carbocycles. The molecular formula is C23H33N5O. The van der Waals surface area contributed by atoms with E-state index < -0.39 is 0 Å². The number of nitrogens with one attached hydrogen (secondary N) is 1. The van der Waals surface area contributed by atoms with E-state index >= 15 is 0 Å². The minimum atomic E-state index is 0.0916. The second-order valence-electron chi connectivity index (χ2n) is 8.52. The van der Waals surface area contributed by atoms with Gasteiger partial charge in [0.25, 0.3) is 0 Å². The number of piperazine rings is 1. The average Bonchev–Trinajstić information content (AvgIpc) is 3.37. The van der Waals surface area contributed by atoms with Crippen molar-refractivity contribution in [1.82, 2.24) is 14.7 Å². The lowest BCUT2D eigenvalue weighted by molar-refractivity contribution is -0.116. The van der Waals surface area contributed by atoms with Gasteiger partial charge in [-0.25, -0.2) is 4.68 Å². The summed E-state index contributed by atoms with van der Waals surface area (Å²) in [5.41, 5.74) is 3.66. The van der Waals surface area contributed by atoms with Gasteiger partial charge in [0.15, 0.2) is 0 Å². The van der Waals surface area contributed by atoms with Gasteiger partial charge in [-0.1, -0.05) is 25.0 Å². The van der Waals surface area contributed by atoms with Gasteiger partial charge in [-0.05, 0) is 44.4 Å². The summed E-state index contributed by atoms with van der Waals surface area (Å²) in [6, 6.07) is 9.14. The van der Waals surface area contributed by atoms with Gasteiger partial charge in [-0.2, -0.15) is 5.10 Å². The van der Waals surface area contributed by atoms with Crippen LogP contribution in [0.4, 0.5) is 11.5 Å². The second-order valence-corrected chi connectivity index (χ2v) is 8.52. The first-order valence-corrected chi connectivity index (χ1v) is 11.0. The summed E-state index contributed by atoms with van der Waals surface area (Å²) in [6.07, 6.45) is 7.24. The van der Waals surface area contributed by atoms with Crippen molar-refractivity contribution in [3.63, 3.8) is 0 Å². The molecule has 0 spiro atoms. The number of amides is 1. The number of aromatic nitrogens is 2. The molecule has 1 aromatic carbocycles. The maximum atomic E-state index is 12.6. The molecular weight excluding hydrogens is 362 g/mol. The van der Waals surface area contributed by atoms with E-state index in [9.17, 15) is 4.79 Å². The van der Waals surface area contributed by atoms with E-state index in [1.165, 1.54) is 24.1 Å². The highest BCUT2D eigenvalue weighted by Crippen LogP contribution is 2.32. The van der Waals surface area contributed by atoms with Crippen LogP contribution in [0.25, 0.3) is 0 Å². The van der Waals surface area contributed by atoms with Gasteiger partial charge >= 0.3 is 0 Å². The maximum absolute atomic E-state index is 12.6. The van der Waals surface area contributed by atoms with E-state index in [1.54, 1.807) is 0 Å². The predicted octanol–water partition coefficient (Wildman–Crippen LogP) is 3.77. The van der Waals surface area contributed by atoms with Crippen LogP contribution < -0.4 is 10.2 Å².